The van der Waals surface area contributed by atoms with Crippen molar-refractivity contribution in [1.82, 2.24) is 0 Å². The zero-order chi connectivity index (χ0) is 18.6. The van der Waals surface area contributed by atoms with Crippen LogP contribution < -0.4 is 0 Å². The first-order chi connectivity index (χ1) is 11.9. The highest BCUT2D eigenvalue weighted by Crippen LogP contribution is 2.27. The summed E-state index contributed by atoms with van der Waals surface area (Å²) < 4.78 is 29.9. The van der Waals surface area contributed by atoms with Crippen molar-refractivity contribution in [3.63, 3.8) is 0 Å². The van der Waals surface area contributed by atoms with Crippen molar-refractivity contribution in [2.45, 2.75) is 90.6 Å². The van der Waals surface area contributed by atoms with E-state index in [2.05, 4.69) is 6.92 Å². The molecule has 0 spiro atoms. The molecule has 1 aromatic carbocycles. The minimum Gasteiger partial charge on any atom is -0.259 e. The first-order valence-corrected chi connectivity index (χ1v) is 11.4. The number of benzene rings is 1. The molecule has 0 saturated carbocycles. The molecule has 3 nitrogen and oxygen atoms in total. The molecule has 0 heterocycles. The summed E-state index contributed by atoms with van der Waals surface area (Å²) in [7, 11) is -3.50. The smallest absolute Gasteiger partial charge is 0.259 e. The van der Waals surface area contributed by atoms with Gasteiger partial charge in [-0.05, 0) is 25.8 Å². The topological polar surface area (TPSA) is 43.4 Å². The maximum atomic E-state index is 12.2. The van der Waals surface area contributed by atoms with Crippen LogP contribution in [0.1, 0.15) is 90.5 Å². The monoisotopic (exact) mass is 368 g/mol. The van der Waals surface area contributed by atoms with Crippen LogP contribution in [-0.2, 0) is 19.9 Å². The average Bonchev–Trinajstić information content (AvgIpc) is 2.56. The Morgan fingerprint density at radius 1 is 0.800 bits per heavy atom. The second-order valence-electron chi connectivity index (χ2n) is 7.40. The van der Waals surface area contributed by atoms with Crippen LogP contribution in [0.3, 0.4) is 0 Å². The van der Waals surface area contributed by atoms with Crippen LogP contribution in [0.15, 0.2) is 30.3 Å². The third-order valence-electron chi connectivity index (χ3n) is 4.55. The van der Waals surface area contributed by atoms with Gasteiger partial charge in [0.05, 0.1) is 5.75 Å². The van der Waals surface area contributed by atoms with E-state index in [1.165, 1.54) is 44.9 Å². The molecule has 0 aliphatic carbocycles. The fourth-order valence-electron chi connectivity index (χ4n) is 3.01. The van der Waals surface area contributed by atoms with E-state index in [1.807, 2.05) is 30.3 Å². The van der Waals surface area contributed by atoms with E-state index < -0.39 is 15.7 Å². The molecule has 1 rings (SSSR count). The first kappa shape index (κ1) is 22.2. The normalized spacial score (nSPS) is 12.4. The van der Waals surface area contributed by atoms with E-state index >= 15 is 0 Å². The Balaban J connectivity index is 2.19. The lowest BCUT2D eigenvalue weighted by Gasteiger charge is -2.25. The molecule has 0 aromatic heterocycles. The molecule has 0 radical (unpaired) electrons. The van der Waals surface area contributed by atoms with Crippen molar-refractivity contribution in [3.05, 3.63) is 35.9 Å². The van der Waals surface area contributed by atoms with Crippen LogP contribution in [0, 0.1) is 0 Å². The summed E-state index contributed by atoms with van der Waals surface area (Å²) in [6.07, 6.45) is 11.9. The molecule has 1 aromatic rings. The second-order valence-corrected chi connectivity index (χ2v) is 9.09. The number of unbranched alkanes of at least 4 members (excludes halogenated alkanes) is 9. The Bertz CT molecular complexity index is 550. The van der Waals surface area contributed by atoms with Crippen molar-refractivity contribution < 1.29 is 12.6 Å². The average molecular weight is 369 g/mol. The van der Waals surface area contributed by atoms with Gasteiger partial charge in [-0.15, -0.1) is 0 Å². The van der Waals surface area contributed by atoms with Gasteiger partial charge in [0, 0.05) is 0 Å². The summed E-state index contributed by atoms with van der Waals surface area (Å²) in [6.45, 7) is 5.84. The van der Waals surface area contributed by atoms with Crippen molar-refractivity contribution in [1.29, 1.82) is 0 Å². The lowest BCUT2D eigenvalue weighted by molar-refractivity contribution is 0.117. The van der Waals surface area contributed by atoms with Crippen molar-refractivity contribution in [3.8, 4) is 0 Å². The minimum absolute atomic E-state index is 0.111. The van der Waals surface area contributed by atoms with Crippen LogP contribution in [0.25, 0.3) is 0 Å². The molecule has 0 saturated heterocycles. The Hall–Kier alpha value is -0.870. The lowest BCUT2D eigenvalue weighted by atomic mass is 9.99. The molecule has 144 valence electrons. The Kier molecular flexibility index (Phi) is 10.4. The van der Waals surface area contributed by atoms with Gasteiger partial charge in [0.25, 0.3) is 10.1 Å². The van der Waals surface area contributed by atoms with E-state index in [1.54, 1.807) is 13.8 Å². The van der Waals surface area contributed by atoms with Crippen LogP contribution in [0.2, 0.25) is 0 Å². The molecule has 4 heteroatoms. The molecule has 0 bridgehead atoms. The summed E-state index contributed by atoms with van der Waals surface area (Å²) in [5.41, 5.74) is 0.0557. The van der Waals surface area contributed by atoms with Crippen LogP contribution in [0.5, 0.6) is 0 Å². The molecule has 0 N–H and O–H groups in total. The highest BCUT2D eigenvalue weighted by Gasteiger charge is 2.28. The summed E-state index contributed by atoms with van der Waals surface area (Å²) in [5.74, 6) is 0.111. The third kappa shape index (κ3) is 10.0. The Morgan fingerprint density at radius 3 is 1.80 bits per heavy atom. The standard InChI is InChI=1S/C21H36O3S/c1-4-5-6-7-8-9-10-11-12-16-19-25(22,23)24-21(2,3)20-17-14-13-15-18-20/h13-15,17-18H,4-12,16,19H2,1-3H3. The Morgan fingerprint density at radius 2 is 1.28 bits per heavy atom. The summed E-state index contributed by atoms with van der Waals surface area (Å²) in [6, 6.07) is 9.51. The molecular weight excluding hydrogens is 332 g/mol. The van der Waals surface area contributed by atoms with Crippen molar-refractivity contribution in [2.75, 3.05) is 5.75 Å². The molecule has 0 fully saturated rings. The van der Waals surface area contributed by atoms with Gasteiger partial charge in [-0.1, -0.05) is 95.0 Å². The van der Waals surface area contributed by atoms with Crippen molar-refractivity contribution in [2.24, 2.45) is 0 Å². The predicted octanol–water partition coefficient (Wildman–Crippen LogP) is 6.19. The maximum absolute atomic E-state index is 12.2. The summed E-state index contributed by atoms with van der Waals surface area (Å²) in [5, 5.41) is 0. The zero-order valence-corrected chi connectivity index (χ0v) is 17.1. The Labute approximate surface area is 155 Å². The molecule has 0 unspecified atom stereocenters. The highest BCUT2D eigenvalue weighted by atomic mass is 32.2. The van der Waals surface area contributed by atoms with Gasteiger partial charge in [-0.2, -0.15) is 8.42 Å². The number of hydrogen-bond donors (Lipinski definition) is 0. The molecule has 0 aliphatic rings. The molecule has 0 aliphatic heterocycles. The third-order valence-corrected chi connectivity index (χ3v) is 6.01. The van der Waals surface area contributed by atoms with E-state index in [0.29, 0.717) is 6.42 Å². The molecular formula is C21H36O3S. The minimum atomic E-state index is -3.50. The fourth-order valence-corrected chi connectivity index (χ4v) is 4.39. The van der Waals surface area contributed by atoms with Gasteiger partial charge in [-0.3, -0.25) is 4.18 Å². The lowest BCUT2D eigenvalue weighted by Crippen LogP contribution is -2.27. The van der Waals surface area contributed by atoms with Crippen LogP contribution in [-0.4, -0.2) is 14.2 Å². The second kappa shape index (κ2) is 11.7. The largest absolute Gasteiger partial charge is 0.268 e. The van der Waals surface area contributed by atoms with Gasteiger partial charge < -0.3 is 0 Å². The first-order valence-electron chi connectivity index (χ1n) is 9.86. The zero-order valence-electron chi connectivity index (χ0n) is 16.3. The number of rotatable bonds is 14. The number of hydrogen-bond acceptors (Lipinski definition) is 3. The predicted molar refractivity (Wildman–Crippen MR) is 106 cm³/mol. The summed E-state index contributed by atoms with van der Waals surface area (Å²) >= 11 is 0. The molecule has 0 atom stereocenters. The van der Waals surface area contributed by atoms with Crippen LogP contribution >= 0.6 is 0 Å². The van der Waals surface area contributed by atoms with E-state index in [9.17, 15) is 8.42 Å². The van der Waals surface area contributed by atoms with Gasteiger partial charge >= 0.3 is 0 Å². The van der Waals surface area contributed by atoms with Crippen LogP contribution in [0.4, 0.5) is 0 Å². The highest BCUT2D eigenvalue weighted by molar-refractivity contribution is 7.86. The summed E-state index contributed by atoms with van der Waals surface area (Å²) in [4.78, 5) is 0. The van der Waals surface area contributed by atoms with E-state index in [0.717, 1.165) is 18.4 Å². The van der Waals surface area contributed by atoms with E-state index in [4.69, 9.17) is 4.18 Å². The maximum Gasteiger partial charge on any atom is 0.268 e. The molecule has 25 heavy (non-hydrogen) atoms. The van der Waals surface area contributed by atoms with Gasteiger partial charge in [0.15, 0.2) is 0 Å². The van der Waals surface area contributed by atoms with Gasteiger partial charge in [0.2, 0.25) is 0 Å². The SMILES string of the molecule is CCCCCCCCCCCCS(=O)(=O)OC(C)(C)c1ccccc1. The fraction of sp³-hybridized carbons (Fsp3) is 0.714. The van der Waals surface area contributed by atoms with Gasteiger partial charge in [0.1, 0.15) is 5.60 Å². The van der Waals surface area contributed by atoms with Gasteiger partial charge in [-0.25, -0.2) is 0 Å². The van der Waals surface area contributed by atoms with E-state index in [-0.39, 0.29) is 5.75 Å². The quantitative estimate of drug-likeness (QED) is 0.290. The van der Waals surface area contributed by atoms with Crippen molar-refractivity contribution >= 4 is 10.1 Å². The molecule has 0 amide bonds.